The first-order chi connectivity index (χ1) is 7.35. The summed E-state index contributed by atoms with van der Waals surface area (Å²) in [4.78, 5) is 0. The van der Waals surface area contributed by atoms with Crippen LogP contribution in [0.2, 0.25) is 0 Å². The first-order valence-corrected chi connectivity index (χ1v) is 4.71. The van der Waals surface area contributed by atoms with Gasteiger partial charge in [-0.3, -0.25) is 0 Å². The van der Waals surface area contributed by atoms with Gasteiger partial charge in [0.15, 0.2) is 0 Å². The van der Waals surface area contributed by atoms with Gasteiger partial charge < -0.3 is 10.1 Å². The van der Waals surface area contributed by atoms with Crippen molar-refractivity contribution in [2.24, 2.45) is 0 Å². The van der Waals surface area contributed by atoms with Crippen molar-refractivity contribution < 1.29 is 4.74 Å². The second-order valence-corrected chi connectivity index (χ2v) is 3.08. The van der Waals surface area contributed by atoms with Crippen molar-refractivity contribution in [1.82, 2.24) is 9.78 Å². The maximum atomic E-state index is 5.18. The van der Waals surface area contributed by atoms with Crippen LogP contribution in [0.3, 0.4) is 0 Å². The molecule has 1 aromatic carbocycles. The predicted octanol–water partition coefficient (Wildman–Crippen LogP) is 1.92. The Bertz CT molecular complexity index is 433. The summed E-state index contributed by atoms with van der Waals surface area (Å²) >= 11 is 0. The minimum atomic E-state index is 0.729. The summed E-state index contributed by atoms with van der Waals surface area (Å²) in [6.45, 7) is 0. The first kappa shape index (κ1) is 9.58. The molecule has 1 aromatic heterocycles. The molecule has 0 saturated heterocycles. The molecule has 0 spiro atoms. The molecule has 15 heavy (non-hydrogen) atoms. The summed E-state index contributed by atoms with van der Waals surface area (Å²) in [6, 6.07) is 9.79. The lowest BCUT2D eigenvalue weighted by Gasteiger charge is -2.06. The molecule has 78 valence electrons. The molecule has 0 aliphatic carbocycles. The highest BCUT2D eigenvalue weighted by atomic mass is 16.5. The average molecular weight is 203 g/mol. The molecule has 2 rings (SSSR count). The SMILES string of the molecule is CNc1ccc(-n2nccc2OC)cc1. The van der Waals surface area contributed by atoms with Gasteiger partial charge in [0.05, 0.1) is 19.0 Å². The summed E-state index contributed by atoms with van der Waals surface area (Å²) in [6.07, 6.45) is 1.71. The van der Waals surface area contributed by atoms with Gasteiger partial charge in [-0.1, -0.05) is 0 Å². The summed E-state index contributed by atoms with van der Waals surface area (Å²) < 4.78 is 6.93. The lowest BCUT2D eigenvalue weighted by atomic mass is 10.3. The molecule has 4 nitrogen and oxygen atoms in total. The second-order valence-electron chi connectivity index (χ2n) is 3.08. The van der Waals surface area contributed by atoms with E-state index in [1.54, 1.807) is 18.0 Å². The normalized spacial score (nSPS) is 10.0. The second kappa shape index (κ2) is 4.04. The zero-order chi connectivity index (χ0) is 10.7. The summed E-state index contributed by atoms with van der Waals surface area (Å²) in [5, 5.41) is 7.25. The largest absolute Gasteiger partial charge is 0.481 e. The Labute approximate surface area is 88.5 Å². The van der Waals surface area contributed by atoms with Crippen LogP contribution >= 0.6 is 0 Å². The van der Waals surface area contributed by atoms with Gasteiger partial charge in [-0.25, -0.2) is 4.68 Å². The standard InChI is InChI=1S/C11H13N3O/c1-12-9-3-5-10(6-4-9)14-11(15-2)7-8-13-14/h3-8,12H,1-2H3. The van der Waals surface area contributed by atoms with Gasteiger partial charge >= 0.3 is 0 Å². The monoisotopic (exact) mass is 203 g/mol. The molecule has 1 heterocycles. The van der Waals surface area contributed by atoms with Crippen LogP contribution in [0.4, 0.5) is 5.69 Å². The number of methoxy groups -OCH3 is 1. The number of benzene rings is 1. The molecule has 2 aromatic rings. The quantitative estimate of drug-likeness (QED) is 0.828. The van der Waals surface area contributed by atoms with E-state index < -0.39 is 0 Å². The van der Waals surface area contributed by atoms with Crippen molar-refractivity contribution in [3.05, 3.63) is 36.5 Å². The van der Waals surface area contributed by atoms with Gasteiger partial charge in [0, 0.05) is 18.8 Å². The minimum absolute atomic E-state index is 0.729. The van der Waals surface area contributed by atoms with Crippen molar-refractivity contribution in [2.75, 3.05) is 19.5 Å². The van der Waals surface area contributed by atoms with Crippen LogP contribution in [0, 0.1) is 0 Å². The molecular weight excluding hydrogens is 190 g/mol. The van der Waals surface area contributed by atoms with Crippen LogP contribution in [0.15, 0.2) is 36.5 Å². The number of anilines is 1. The van der Waals surface area contributed by atoms with Gasteiger partial charge in [-0.15, -0.1) is 0 Å². The zero-order valence-electron chi connectivity index (χ0n) is 8.77. The van der Waals surface area contributed by atoms with Crippen LogP contribution in [0.25, 0.3) is 5.69 Å². The van der Waals surface area contributed by atoms with E-state index in [-0.39, 0.29) is 0 Å². The molecule has 1 N–H and O–H groups in total. The molecule has 0 amide bonds. The van der Waals surface area contributed by atoms with Crippen LogP contribution in [0.1, 0.15) is 0 Å². The molecule has 0 aliphatic rings. The third-order valence-electron chi connectivity index (χ3n) is 2.22. The number of nitrogens with one attached hydrogen (secondary N) is 1. The molecule has 0 fully saturated rings. The van der Waals surface area contributed by atoms with E-state index in [2.05, 4.69) is 10.4 Å². The fourth-order valence-corrected chi connectivity index (χ4v) is 1.41. The van der Waals surface area contributed by atoms with E-state index in [0.717, 1.165) is 17.3 Å². The number of hydrogen-bond donors (Lipinski definition) is 1. The Morgan fingerprint density at radius 2 is 1.93 bits per heavy atom. The van der Waals surface area contributed by atoms with E-state index in [0.29, 0.717) is 0 Å². The Hall–Kier alpha value is -1.97. The first-order valence-electron chi connectivity index (χ1n) is 4.71. The number of aromatic nitrogens is 2. The molecule has 0 radical (unpaired) electrons. The van der Waals surface area contributed by atoms with Crippen LogP contribution < -0.4 is 10.1 Å². The topological polar surface area (TPSA) is 39.1 Å². The fourth-order valence-electron chi connectivity index (χ4n) is 1.41. The Morgan fingerprint density at radius 3 is 2.53 bits per heavy atom. The summed E-state index contributed by atoms with van der Waals surface area (Å²) in [5.74, 6) is 0.729. The minimum Gasteiger partial charge on any atom is -0.481 e. The smallest absolute Gasteiger partial charge is 0.216 e. The van der Waals surface area contributed by atoms with Gasteiger partial charge in [-0.05, 0) is 24.3 Å². The Morgan fingerprint density at radius 1 is 1.20 bits per heavy atom. The lowest BCUT2D eigenvalue weighted by molar-refractivity contribution is 0.383. The molecular formula is C11H13N3O. The zero-order valence-corrected chi connectivity index (χ0v) is 8.77. The van der Waals surface area contributed by atoms with Crippen molar-refractivity contribution in [3.8, 4) is 11.6 Å². The Kier molecular flexibility index (Phi) is 2.58. The molecule has 0 bridgehead atoms. The summed E-state index contributed by atoms with van der Waals surface area (Å²) in [7, 11) is 3.53. The third kappa shape index (κ3) is 1.79. The van der Waals surface area contributed by atoms with Crippen molar-refractivity contribution in [1.29, 1.82) is 0 Å². The van der Waals surface area contributed by atoms with E-state index in [4.69, 9.17) is 4.74 Å². The van der Waals surface area contributed by atoms with Crippen LogP contribution in [-0.4, -0.2) is 23.9 Å². The number of nitrogens with zero attached hydrogens (tertiary/aromatic N) is 2. The third-order valence-corrected chi connectivity index (χ3v) is 2.22. The molecule has 0 unspecified atom stereocenters. The summed E-state index contributed by atoms with van der Waals surface area (Å²) in [5.41, 5.74) is 2.06. The maximum absolute atomic E-state index is 5.18. The van der Waals surface area contributed by atoms with E-state index in [1.165, 1.54) is 0 Å². The highest BCUT2D eigenvalue weighted by Gasteiger charge is 2.03. The van der Waals surface area contributed by atoms with Gasteiger partial charge in [0.25, 0.3) is 0 Å². The molecule has 0 saturated carbocycles. The lowest BCUT2D eigenvalue weighted by Crippen LogP contribution is -1.99. The molecule has 0 atom stereocenters. The van der Waals surface area contributed by atoms with Gasteiger partial charge in [0.1, 0.15) is 0 Å². The van der Waals surface area contributed by atoms with E-state index in [1.807, 2.05) is 37.4 Å². The van der Waals surface area contributed by atoms with Crippen LogP contribution in [-0.2, 0) is 0 Å². The number of ether oxygens (including phenoxy) is 1. The van der Waals surface area contributed by atoms with Crippen molar-refractivity contribution in [3.63, 3.8) is 0 Å². The molecule has 0 aliphatic heterocycles. The van der Waals surface area contributed by atoms with E-state index in [9.17, 15) is 0 Å². The highest BCUT2D eigenvalue weighted by Crippen LogP contribution is 2.18. The fraction of sp³-hybridized carbons (Fsp3) is 0.182. The average Bonchev–Trinajstić information content (AvgIpc) is 2.77. The number of rotatable bonds is 3. The van der Waals surface area contributed by atoms with Gasteiger partial charge in [0.2, 0.25) is 5.88 Å². The number of hydrogen-bond acceptors (Lipinski definition) is 3. The van der Waals surface area contributed by atoms with E-state index >= 15 is 0 Å². The highest BCUT2D eigenvalue weighted by molar-refractivity contribution is 5.48. The van der Waals surface area contributed by atoms with Crippen LogP contribution in [0.5, 0.6) is 5.88 Å². The molecule has 4 heteroatoms. The predicted molar refractivity (Wildman–Crippen MR) is 59.7 cm³/mol. The van der Waals surface area contributed by atoms with Crippen molar-refractivity contribution in [2.45, 2.75) is 0 Å². The maximum Gasteiger partial charge on any atom is 0.216 e. The van der Waals surface area contributed by atoms with Crippen molar-refractivity contribution >= 4 is 5.69 Å². The van der Waals surface area contributed by atoms with Gasteiger partial charge in [-0.2, -0.15) is 5.10 Å². The Balaban J connectivity index is 2.37.